The van der Waals surface area contributed by atoms with Gasteiger partial charge in [0.1, 0.15) is 12.1 Å². The second-order valence-corrected chi connectivity index (χ2v) is 6.04. The van der Waals surface area contributed by atoms with Crippen molar-refractivity contribution in [3.05, 3.63) is 12.5 Å². The number of hydrogen-bond acceptors (Lipinski definition) is 5. The zero-order valence-electron chi connectivity index (χ0n) is 14.4. The fraction of sp³-hybridized carbons (Fsp3) is 0.625. The average molecular weight is 330 g/mol. The zero-order valence-corrected chi connectivity index (χ0v) is 14.4. The minimum Gasteiger partial charge on any atom is -0.367 e. The molecule has 2 aromatic heterocycles. The second kappa shape index (κ2) is 7.94. The molecular weight excluding hydrogens is 304 g/mol. The summed E-state index contributed by atoms with van der Waals surface area (Å²) < 4.78 is 1.75. The van der Waals surface area contributed by atoms with E-state index in [1.54, 1.807) is 17.2 Å². The Balaban J connectivity index is 1.55. The van der Waals surface area contributed by atoms with Crippen LogP contribution in [0, 0.1) is 0 Å². The summed E-state index contributed by atoms with van der Waals surface area (Å²) in [6, 6.07) is 0.563. The molecule has 130 valence electrons. The van der Waals surface area contributed by atoms with Crippen LogP contribution in [0.3, 0.4) is 0 Å². The van der Waals surface area contributed by atoms with Crippen molar-refractivity contribution < 1.29 is 0 Å². The molecule has 0 spiro atoms. The molecule has 3 N–H and O–H groups in total. The SMILES string of the molecule is CCNC(=NCCNc1ncnc2c1cnn2C)NC1CCCC1. The first kappa shape index (κ1) is 16.5. The van der Waals surface area contributed by atoms with Gasteiger partial charge in [-0.15, -0.1) is 0 Å². The van der Waals surface area contributed by atoms with Crippen LogP contribution in [0.4, 0.5) is 5.82 Å². The highest BCUT2D eigenvalue weighted by Crippen LogP contribution is 2.18. The Kier molecular flexibility index (Phi) is 5.45. The van der Waals surface area contributed by atoms with E-state index in [1.165, 1.54) is 25.7 Å². The minimum absolute atomic E-state index is 0.563. The van der Waals surface area contributed by atoms with E-state index in [1.807, 2.05) is 7.05 Å². The van der Waals surface area contributed by atoms with E-state index in [9.17, 15) is 0 Å². The molecule has 1 aliphatic rings. The van der Waals surface area contributed by atoms with Gasteiger partial charge in [0.2, 0.25) is 0 Å². The molecule has 3 rings (SSSR count). The molecule has 1 fully saturated rings. The maximum Gasteiger partial charge on any atom is 0.191 e. The highest BCUT2D eigenvalue weighted by molar-refractivity contribution is 5.86. The van der Waals surface area contributed by atoms with Crippen LogP contribution < -0.4 is 16.0 Å². The standard InChI is InChI=1S/C16H26N8/c1-3-17-16(23-12-6-4-5-7-12)19-9-8-18-14-13-10-22-24(2)15(13)21-11-20-14/h10-12H,3-9H2,1-2H3,(H2,17,19,23)(H,18,20,21). The Morgan fingerprint density at radius 3 is 2.96 bits per heavy atom. The molecule has 1 aliphatic carbocycles. The van der Waals surface area contributed by atoms with E-state index in [4.69, 9.17) is 0 Å². The predicted molar refractivity (Wildman–Crippen MR) is 96.2 cm³/mol. The van der Waals surface area contributed by atoms with Gasteiger partial charge in [-0.1, -0.05) is 12.8 Å². The number of rotatable bonds is 6. The van der Waals surface area contributed by atoms with E-state index in [0.29, 0.717) is 19.1 Å². The maximum atomic E-state index is 4.64. The summed E-state index contributed by atoms with van der Waals surface area (Å²) in [4.78, 5) is 13.2. The van der Waals surface area contributed by atoms with Crippen molar-refractivity contribution in [3.8, 4) is 0 Å². The van der Waals surface area contributed by atoms with Crippen LogP contribution in [0.15, 0.2) is 17.5 Å². The fourth-order valence-corrected chi connectivity index (χ4v) is 3.03. The number of aromatic nitrogens is 4. The first-order valence-corrected chi connectivity index (χ1v) is 8.69. The molecule has 0 unspecified atom stereocenters. The molecule has 0 aliphatic heterocycles. The van der Waals surface area contributed by atoms with Crippen LogP contribution in [0.1, 0.15) is 32.6 Å². The molecule has 0 aromatic carbocycles. The number of hydrogen-bond donors (Lipinski definition) is 3. The van der Waals surface area contributed by atoms with Crippen LogP contribution in [-0.4, -0.2) is 51.4 Å². The Morgan fingerprint density at radius 2 is 2.17 bits per heavy atom. The highest BCUT2D eigenvalue weighted by Gasteiger charge is 2.15. The fourth-order valence-electron chi connectivity index (χ4n) is 3.03. The lowest BCUT2D eigenvalue weighted by molar-refractivity contribution is 0.614. The van der Waals surface area contributed by atoms with Crippen molar-refractivity contribution in [2.75, 3.05) is 25.0 Å². The summed E-state index contributed by atoms with van der Waals surface area (Å²) >= 11 is 0. The molecule has 2 aromatic rings. The van der Waals surface area contributed by atoms with Crippen LogP contribution in [0.5, 0.6) is 0 Å². The molecular formula is C16H26N8. The Bertz CT molecular complexity index is 686. The van der Waals surface area contributed by atoms with Crippen molar-refractivity contribution in [1.29, 1.82) is 0 Å². The van der Waals surface area contributed by atoms with Gasteiger partial charge in [-0.05, 0) is 19.8 Å². The molecule has 0 bridgehead atoms. The van der Waals surface area contributed by atoms with Crippen LogP contribution in [0.2, 0.25) is 0 Å². The van der Waals surface area contributed by atoms with Gasteiger partial charge in [-0.2, -0.15) is 5.10 Å². The van der Waals surface area contributed by atoms with Crippen LogP contribution >= 0.6 is 0 Å². The molecule has 0 atom stereocenters. The van der Waals surface area contributed by atoms with Gasteiger partial charge in [-0.25, -0.2) is 9.97 Å². The number of nitrogens with one attached hydrogen (secondary N) is 3. The van der Waals surface area contributed by atoms with Crippen molar-refractivity contribution in [2.45, 2.75) is 38.6 Å². The lowest BCUT2D eigenvalue weighted by atomic mass is 10.2. The Morgan fingerprint density at radius 1 is 1.33 bits per heavy atom. The molecule has 8 nitrogen and oxygen atoms in total. The van der Waals surface area contributed by atoms with Gasteiger partial charge in [0, 0.05) is 26.2 Å². The Labute approximate surface area is 142 Å². The van der Waals surface area contributed by atoms with Gasteiger partial charge in [-0.3, -0.25) is 9.67 Å². The quantitative estimate of drug-likeness (QED) is 0.420. The largest absolute Gasteiger partial charge is 0.367 e. The van der Waals surface area contributed by atoms with Gasteiger partial charge < -0.3 is 16.0 Å². The molecule has 2 heterocycles. The lowest BCUT2D eigenvalue weighted by Gasteiger charge is -2.16. The monoisotopic (exact) mass is 330 g/mol. The molecule has 0 radical (unpaired) electrons. The molecule has 0 amide bonds. The highest BCUT2D eigenvalue weighted by atomic mass is 15.3. The topological polar surface area (TPSA) is 92.1 Å². The number of aliphatic imine (C=N–C) groups is 1. The number of nitrogens with zero attached hydrogens (tertiary/aromatic N) is 5. The number of aryl methyl sites for hydroxylation is 1. The van der Waals surface area contributed by atoms with E-state index in [2.05, 4.69) is 42.9 Å². The van der Waals surface area contributed by atoms with Gasteiger partial charge in [0.05, 0.1) is 18.1 Å². The van der Waals surface area contributed by atoms with Crippen molar-refractivity contribution in [3.63, 3.8) is 0 Å². The molecule has 1 saturated carbocycles. The van der Waals surface area contributed by atoms with Gasteiger partial charge >= 0.3 is 0 Å². The van der Waals surface area contributed by atoms with Crippen LogP contribution in [0.25, 0.3) is 11.0 Å². The molecule has 24 heavy (non-hydrogen) atoms. The number of anilines is 1. The first-order valence-electron chi connectivity index (χ1n) is 8.69. The summed E-state index contributed by atoms with van der Waals surface area (Å²) in [5, 5.41) is 15.3. The molecule has 8 heteroatoms. The Hall–Kier alpha value is -2.38. The van der Waals surface area contributed by atoms with Crippen LogP contribution in [-0.2, 0) is 7.05 Å². The molecule has 0 saturated heterocycles. The predicted octanol–water partition coefficient (Wildman–Crippen LogP) is 1.27. The third-order valence-corrected chi connectivity index (χ3v) is 4.24. The summed E-state index contributed by atoms with van der Waals surface area (Å²) in [5.41, 5.74) is 0.826. The van der Waals surface area contributed by atoms with Gasteiger partial charge in [0.15, 0.2) is 11.6 Å². The smallest absolute Gasteiger partial charge is 0.191 e. The van der Waals surface area contributed by atoms with Crippen molar-refractivity contribution >= 4 is 22.8 Å². The maximum absolute atomic E-state index is 4.64. The lowest BCUT2D eigenvalue weighted by Crippen LogP contribution is -2.42. The van der Waals surface area contributed by atoms with E-state index in [-0.39, 0.29) is 0 Å². The third-order valence-electron chi connectivity index (χ3n) is 4.24. The third kappa shape index (κ3) is 3.93. The van der Waals surface area contributed by atoms with Crippen molar-refractivity contribution in [1.82, 2.24) is 30.4 Å². The van der Waals surface area contributed by atoms with E-state index in [0.717, 1.165) is 29.4 Å². The second-order valence-electron chi connectivity index (χ2n) is 6.04. The van der Waals surface area contributed by atoms with E-state index >= 15 is 0 Å². The first-order chi connectivity index (χ1) is 11.8. The van der Waals surface area contributed by atoms with Gasteiger partial charge in [0.25, 0.3) is 0 Å². The van der Waals surface area contributed by atoms with E-state index < -0.39 is 0 Å². The number of guanidine groups is 1. The summed E-state index contributed by atoms with van der Waals surface area (Å²) in [6.45, 7) is 4.34. The summed E-state index contributed by atoms with van der Waals surface area (Å²) in [7, 11) is 1.88. The summed E-state index contributed by atoms with van der Waals surface area (Å²) in [5.74, 6) is 1.71. The zero-order chi connectivity index (χ0) is 16.8. The summed E-state index contributed by atoms with van der Waals surface area (Å²) in [6.07, 6.45) is 8.44. The minimum atomic E-state index is 0.563. The normalized spacial score (nSPS) is 15.8. The number of fused-ring (bicyclic) bond motifs is 1. The van der Waals surface area contributed by atoms with Crippen molar-refractivity contribution in [2.24, 2.45) is 12.0 Å². The average Bonchev–Trinajstić information content (AvgIpc) is 3.22.